The van der Waals surface area contributed by atoms with Gasteiger partial charge in [0.25, 0.3) is 5.91 Å². The number of anilines is 1. The number of hydrogen-bond donors (Lipinski definition) is 2. The van der Waals surface area contributed by atoms with E-state index < -0.39 is 23.8 Å². The Balaban J connectivity index is 2.01. The van der Waals surface area contributed by atoms with Crippen molar-refractivity contribution >= 4 is 34.4 Å². The Kier molecular flexibility index (Phi) is 10.1. The molecule has 0 aliphatic heterocycles. The molecule has 0 heterocycles. The van der Waals surface area contributed by atoms with E-state index in [9.17, 15) is 14.4 Å². The molecule has 3 amide bonds. The van der Waals surface area contributed by atoms with Gasteiger partial charge in [0.2, 0.25) is 5.91 Å². The summed E-state index contributed by atoms with van der Waals surface area (Å²) in [6.07, 6.45) is 1.28. The summed E-state index contributed by atoms with van der Waals surface area (Å²) in [5.74, 6) is -0.653. The van der Waals surface area contributed by atoms with E-state index in [0.29, 0.717) is 17.7 Å². The highest BCUT2D eigenvalue weighted by molar-refractivity contribution is 6.00. The smallest absolute Gasteiger partial charge is 0.408 e. The molecule has 0 radical (unpaired) electrons. The first-order valence-electron chi connectivity index (χ1n) is 13.7. The van der Waals surface area contributed by atoms with Gasteiger partial charge >= 0.3 is 6.09 Å². The fraction of sp³-hybridized carbons (Fsp3) is 0.364. The Morgan fingerprint density at radius 1 is 0.975 bits per heavy atom. The van der Waals surface area contributed by atoms with Crippen LogP contribution in [-0.2, 0) is 14.3 Å². The van der Waals surface area contributed by atoms with Crippen molar-refractivity contribution in [2.24, 2.45) is 5.92 Å². The predicted octanol–water partition coefficient (Wildman–Crippen LogP) is 6.78. The fourth-order valence-electron chi connectivity index (χ4n) is 4.63. The van der Waals surface area contributed by atoms with E-state index in [1.165, 1.54) is 4.90 Å². The minimum atomic E-state index is -0.965. The molecule has 0 fully saturated rings. The molecule has 2 N–H and O–H groups in total. The van der Waals surface area contributed by atoms with Crippen LogP contribution in [0, 0.1) is 12.8 Å². The monoisotopic (exact) mass is 543 g/mol. The van der Waals surface area contributed by atoms with Crippen LogP contribution in [0.4, 0.5) is 10.5 Å². The van der Waals surface area contributed by atoms with Crippen LogP contribution in [0.1, 0.15) is 58.2 Å². The van der Waals surface area contributed by atoms with Gasteiger partial charge in [0, 0.05) is 12.2 Å². The van der Waals surface area contributed by atoms with Crippen molar-refractivity contribution < 1.29 is 19.1 Å². The lowest BCUT2D eigenvalue weighted by Crippen LogP contribution is -2.53. The summed E-state index contributed by atoms with van der Waals surface area (Å²) in [6, 6.07) is 19.2. The predicted molar refractivity (Wildman–Crippen MR) is 161 cm³/mol. The molecule has 3 aromatic carbocycles. The summed E-state index contributed by atoms with van der Waals surface area (Å²) in [7, 11) is 0. The number of fused-ring (bicyclic) bond motifs is 1. The SMILES string of the molecule is C=CCN(C(=O)C(CC(C)C)NC(=O)OC(C)(C)C)C(C(=O)Nc1ccc2ccccc2c1)c1ccccc1C. The summed E-state index contributed by atoms with van der Waals surface area (Å²) < 4.78 is 5.45. The summed E-state index contributed by atoms with van der Waals surface area (Å²) in [6.45, 7) is 15.1. The number of rotatable bonds is 10. The number of nitrogens with zero attached hydrogens (tertiary/aromatic N) is 1. The highest BCUT2D eigenvalue weighted by Crippen LogP contribution is 2.28. The number of carbonyl (C=O) groups excluding carboxylic acids is 3. The van der Waals surface area contributed by atoms with Crippen LogP contribution in [0.2, 0.25) is 0 Å². The van der Waals surface area contributed by atoms with E-state index in [1.807, 2.05) is 87.5 Å². The van der Waals surface area contributed by atoms with E-state index in [0.717, 1.165) is 16.3 Å². The van der Waals surface area contributed by atoms with E-state index in [4.69, 9.17) is 4.74 Å². The summed E-state index contributed by atoms with van der Waals surface area (Å²) in [4.78, 5) is 42.4. The third-order valence-corrected chi connectivity index (χ3v) is 6.37. The maximum atomic E-state index is 14.2. The number of nitrogens with one attached hydrogen (secondary N) is 2. The number of ether oxygens (including phenoxy) is 1. The normalized spacial score (nSPS) is 12.9. The van der Waals surface area contributed by atoms with Gasteiger partial charge in [0.1, 0.15) is 17.7 Å². The Bertz CT molecular complexity index is 1360. The van der Waals surface area contributed by atoms with Crippen LogP contribution >= 0.6 is 0 Å². The first-order valence-corrected chi connectivity index (χ1v) is 13.7. The second-order valence-electron chi connectivity index (χ2n) is 11.4. The van der Waals surface area contributed by atoms with Crippen LogP contribution in [0.15, 0.2) is 79.4 Å². The van der Waals surface area contributed by atoms with E-state index in [2.05, 4.69) is 17.2 Å². The first kappa shape index (κ1) is 30.4. The van der Waals surface area contributed by atoms with Crippen molar-refractivity contribution in [3.63, 3.8) is 0 Å². The largest absolute Gasteiger partial charge is 0.444 e. The zero-order valence-electron chi connectivity index (χ0n) is 24.4. The lowest BCUT2D eigenvalue weighted by molar-refractivity contribution is -0.140. The lowest BCUT2D eigenvalue weighted by Gasteiger charge is -2.35. The zero-order chi connectivity index (χ0) is 29.4. The summed E-state index contributed by atoms with van der Waals surface area (Å²) in [5.41, 5.74) is 1.46. The summed E-state index contributed by atoms with van der Waals surface area (Å²) >= 11 is 0. The van der Waals surface area contributed by atoms with Crippen LogP contribution in [0.5, 0.6) is 0 Å². The average Bonchev–Trinajstić information content (AvgIpc) is 2.87. The molecule has 0 bridgehead atoms. The molecule has 0 saturated carbocycles. The topological polar surface area (TPSA) is 87.7 Å². The van der Waals surface area contributed by atoms with Crippen molar-refractivity contribution in [1.29, 1.82) is 0 Å². The second-order valence-corrected chi connectivity index (χ2v) is 11.4. The molecule has 3 aromatic rings. The molecule has 40 heavy (non-hydrogen) atoms. The summed E-state index contributed by atoms with van der Waals surface area (Å²) in [5, 5.41) is 7.83. The zero-order valence-corrected chi connectivity index (χ0v) is 24.4. The Morgan fingerprint density at radius 3 is 2.25 bits per heavy atom. The van der Waals surface area contributed by atoms with Gasteiger partial charge < -0.3 is 20.3 Å². The molecule has 0 spiro atoms. The first-order chi connectivity index (χ1) is 18.9. The molecular formula is C33H41N3O4. The molecule has 0 aliphatic rings. The van der Waals surface area contributed by atoms with Gasteiger partial charge in [-0.3, -0.25) is 9.59 Å². The molecule has 2 atom stereocenters. The third kappa shape index (κ3) is 8.18. The van der Waals surface area contributed by atoms with E-state index in [1.54, 1.807) is 26.8 Å². The Hall–Kier alpha value is -4.13. The van der Waals surface area contributed by atoms with E-state index in [-0.39, 0.29) is 24.3 Å². The van der Waals surface area contributed by atoms with E-state index >= 15 is 0 Å². The molecule has 3 rings (SSSR count). The molecule has 212 valence electrons. The fourth-order valence-corrected chi connectivity index (χ4v) is 4.63. The van der Waals surface area contributed by atoms with Gasteiger partial charge in [-0.1, -0.05) is 74.5 Å². The van der Waals surface area contributed by atoms with Crippen LogP contribution in [-0.4, -0.2) is 41.0 Å². The maximum Gasteiger partial charge on any atom is 0.408 e. The Labute approximate surface area is 237 Å². The highest BCUT2D eigenvalue weighted by atomic mass is 16.6. The number of hydrogen-bond acceptors (Lipinski definition) is 4. The van der Waals surface area contributed by atoms with Crippen LogP contribution in [0.25, 0.3) is 10.8 Å². The minimum Gasteiger partial charge on any atom is -0.444 e. The average molecular weight is 544 g/mol. The molecule has 0 saturated heterocycles. The molecule has 0 aliphatic carbocycles. The van der Waals surface area contributed by atoms with Gasteiger partial charge in [0.15, 0.2) is 0 Å². The van der Waals surface area contributed by atoms with Crippen molar-refractivity contribution in [1.82, 2.24) is 10.2 Å². The van der Waals surface area contributed by atoms with Crippen molar-refractivity contribution in [2.45, 2.75) is 65.6 Å². The molecule has 7 heteroatoms. The lowest BCUT2D eigenvalue weighted by atomic mass is 9.96. The molecule has 7 nitrogen and oxygen atoms in total. The van der Waals surface area contributed by atoms with Crippen molar-refractivity contribution in [3.8, 4) is 0 Å². The van der Waals surface area contributed by atoms with Crippen molar-refractivity contribution in [2.75, 3.05) is 11.9 Å². The quantitative estimate of drug-likeness (QED) is 0.276. The van der Waals surface area contributed by atoms with Gasteiger partial charge in [-0.15, -0.1) is 6.58 Å². The molecular weight excluding hydrogens is 502 g/mol. The standard InChI is InChI=1S/C33H41N3O4/c1-8-19-36(31(38)28(20-22(2)3)35-32(39)40-33(5,6)7)29(27-16-12-9-13-23(27)4)30(37)34-26-18-17-24-14-10-11-15-25(24)21-26/h8-18,21-22,28-29H,1,19-20H2,2-7H3,(H,34,37)(H,35,39). The van der Waals surface area contributed by atoms with Crippen molar-refractivity contribution in [3.05, 3.63) is 90.5 Å². The second kappa shape index (κ2) is 13.3. The maximum absolute atomic E-state index is 14.2. The molecule has 0 aromatic heterocycles. The van der Waals surface area contributed by atoms with Gasteiger partial charge in [-0.2, -0.15) is 0 Å². The van der Waals surface area contributed by atoms with Gasteiger partial charge in [0.05, 0.1) is 0 Å². The van der Waals surface area contributed by atoms with Gasteiger partial charge in [-0.05, 0) is 74.1 Å². The van der Waals surface area contributed by atoms with Crippen LogP contribution < -0.4 is 10.6 Å². The highest BCUT2D eigenvalue weighted by Gasteiger charge is 2.36. The number of benzene rings is 3. The number of alkyl carbamates (subject to hydrolysis) is 1. The number of aryl methyl sites for hydroxylation is 1. The minimum absolute atomic E-state index is 0.0952. The molecule has 2 unspecified atom stereocenters. The third-order valence-electron chi connectivity index (χ3n) is 6.37. The number of amides is 3. The Morgan fingerprint density at radius 2 is 1.62 bits per heavy atom. The number of carbonyl (C=O) groups is 3. The van der Waals surface area contributed by atoms with Gasteiger partial charge in [-0.25, -0.2) is 4.79 Å². The van der Waals surface area contributed by atoms with Crippen LogP contribution in [0.3, 0.4) is 0 Å².